The third kappa shape index (κ3) is 2.97. The molecule has 1 aromatic rings. The molecule has 88 valence electrons. The molecule has 0 spiro atoms. The second kappa shape index (κ2) is 5.66. The second-order valence-corrected chi connectivity index (χ2v) is 4.62. The summed E-state index contributed by atoms with van der Waals surface area (Å²) in [5.41, 5.74) is 1.14. The molecule has 0 saturated carbocycles. The Morgan fingerprint density at radius 1 is 1.50 bits per heavy atom. The van der Waals surface area contributed by atoms with Gasteiger partial charge in [-0.15, -0.1) is 0 Å². The summed E-state index contributed by atoms with van der Waals surface area (Å²) in [4.78, 5) is 0. The molecule has 4 heteroatoms. The smallest absolute Gasteiger partial charge is 0.133 e. The van der Waals surface area contributed by atoms with Crippen molar-refractivity contribution < 1.29 is 14.2 Å². The van der Waals surface area contributed by atoms with Gasteiger partial charge in [0.05, 0.1) is 30.9 Å². The fourth-order valence-electron chi connectivity index (χ4n) is 1.66. The monoisotopic (exact) mass is 286 g/mol. The maximum absolute atomic E-state index is 5.73. The SMILES string of the molecule is COc1ccc(COC2CCOC2)cc1Br. The Labute approximate surface area is 104 Å². The van der Waals surface area contributed by atoms with E-state index >= 15 is 0 Å². The van der Waals surface area contributed by atoms with Crippen LogP contribution < -0.4 is 4.74 Å². The van der Waals surface area contributed by atoms with E-state index in [9.17, 15) is 0 Å². The summed E-state index contributed by atoms with van der Waals surface area (Å²) in [5.74, 6) is 0.841. The molecule has 1 saturated heterocycles. The van der Waals surface area contributed by atoms with Crippen molar-refractivity contribution >= 4 is 15.9 Å². The highest BCUT2D eigenvalue weighted by Crippen LogP contribution is 2.26. The highest BCUT2D eigenvalue weighted by molar-refractivity contribution is 9.10. The minimum Gasteiger partial charge on any atom is -0.496 e. The lowest BCUT2D eigenvalue weighted by Crippen LogP contribution is -2.11. The summed E-state index contributed by atoms with van der Waals surface area (Å²) < 4.78 is 17.1. The predicted molar refractivity (Wildman–Crippen MR) is 64.7 cm³/mol. The maximum Gasteiger partial charge on any atom is 0.133 e. The van der Waals surface area contributed by atoms with Gasteiger partial charge in [0.25, 0.3) is 0 Å². The van der Waals surface area contributed by atoms with Crippen molar-refractivity contribution in [3.8, 4) is 5.75 Å². The van der Waals surface area contributed by atoms with Crippen LogP contribution in [0.2, 0.25) is 0 Å². The van der Waals surface area contributed by atoms with Gasteiger partial charge in [-0.05, 0) is 40.0 Å². The van der Waals surface area contributed by atoms with Gasteiger partial charge >= 0.3 is 0 Å². The zero-order chi connectivity index (χ0) is 11.4. The number of methoxy groups -OCH3 is 1. The predicted octanol–water partition coefficient (Wildman–Crippen LogP) is 2.76. The first kappa shape index (κ1) is 11.9. The molecule has 1 fully saturated rings. The summed E-state index contributed by atoms with van der Waals surface area (Å²) in [7, 11) is 1.66. The van der Waals surface area contributed by atoms with Gasteiger partial charge in [-0.2, -0.15) is 0 Å². The van der Waals surface area contributed by atoms with Crippen LogP contribution >= 0.6 is 15.9 Å². The molecule has 0 amide bonds. The zero-order valence-electron chi connectivity index (χ0n) is 9.24. The number of benzene rings is 1. The van der Waals surface area contributed by atoms with E-state index < -0.39 is 0 Å². The van der Waals surface area contributed by atoms with Gasteiger partial charge in [-0.3, -0.25) is 0 Å². The molecule has 1 aromatic carbocycles. The van der Waals surface area contributed by atoms with E-state index in [0.717, 1.165) is 35.4 Å². The third-order valence-electron chi connectivity index (χ3n) is 2.59. The van der Waals surface area contributed by atoms with Gasteiger partial charge in [-0.25, -0.2) is 0 Å². The van der Waals surface area contributed by atoms with E-state index in [1.807, 2.05) is 18.2 Å². The van der Waals surface area contributed by atoms with E-state index in [4.69, 9.17) is 14.2 Å². The van der Waals surface area contributed by atoms with Crippen LogP contribution in [-0.4, -0.2) is 26.4 Å². The highest BCUT2D eigenvalue weighted by Gasteiger charge is 2.15. The van der Waals surface area contributed by atoms with Gasteiger partial charge < -0.3 is 14.2 Å². The molecule has 3 nitrogen and oxygen atoms in total. The molecule has 0 aliphatic carbocycles. The first-order valence-electron chi connectivity index (χ1n) is 5.31. The van der Waals surface area contributed by atoms with Crippen molar-refractivity contribution in [1.29, 1.82) is 0 Å². The van der Waals surface area contributed by atoms with Crippen molar-refractivity contribution in [3.63, 3.8) is 0 Å². The third-order valence-corrected chi connectivity index (χ3v) is 3.21. The largest absolute Gasteiger partial charge is 0.496 e. The number of hydrogen-bond acceptors (Lipinski definition) is 3. The Hall–Kier alpha value is -0.580. The Morgan fingerprint density at radius 3 is 3.00 bits per heavy atom. The number of hydrogen-bond donors (Lipinski definition) is 0. The molecular weight excluding hydrogens is 272 g/mol. The molecule has 1 aliphatic rings. The molecule has 1 heterocycles. The van der Waals surface area contributed by atoms with E-state index in [2.05, 4.69) is 15.9 Å². The van der Waals surface area contributed by atoms with Gasteiger partial charge in [0.2, 0.25) is 0 Å². The van der Waals surface area contributed by atoms with Crippen LogP contribution in [-0.2, 0) is 16.1 Å². The molecule has 0 N–H and O–H groups in total. The van der Waals surface area contributed by atoms with Crippen LogP contribution in [0.4, 0.5) is 0 Å². The second-order valence-electron chi connectivity index (χ2n) is 3.77. The fourth-order valence-corrected chi connectivity index (χ4v) is 2.25. The first-order chi connectivity index (χ1) is 7.79. The van der Waals surface area contributed by atoms with Crippen molar-refractivity contribution in [3.05, 3.63) is 28.2 Å². The lowest BCUT2D eigenvalue weighted by atomic mass is 10.2. The van der Waals surface area contributed by atoms with Crippen LogP contribution in [0.25, 0.3) is 0 Å². The molecule has 0 aromatic heterocycles. The molecule has 0 radical (unpaired) electrons. The van der Waals surface area contributed by atoms with Crippen LogP contribution in [0, 0.1) is 0 Å². The highest BCUT2D eigenvalue weighted by atomic mass is 79.9. The summed E-state index contributed by atoms with van der Waals surface area (Å²) in [6.45, 7) is 2.16. The molecule has 1 atom stereocenters. The summed E-state index contributed by atoms with van der Waals surface area (Å²) in [5, 5.41) is 0. The molecule has 16 heavy (non-hydrogen) atoms. The van der Waals surface area contributed by atoms with E-state index in [0.29, 0.717) is 6.61 Å². The Balaban J connectivity index is 1.91. The fraction of sp³-hybridized carbons (Fsp3) is 0.500. The Morgan fingerprint density at radius 2 is 2.38 bits per heavy atom. The molecule has 1 unspecified atom stereocenters. The quantitative estimate of drug-likeness (QED) is 0.852. The molecule has 2 rings (SSSR count). The minimum absolute atomic E-state index is 0.251. The van der Waals surface area contributed by atoms with Gasteiger partial charge in [-0.1, -0.05) is 6.07 Å². The number of ether oxygens (including phenoxy) is 3. The minimum atomic E-state index is 0.251. The van der Waals surface area contributed by atoms with Crippen molar-refractivity contribution in [2.75, 3.05) is 20.3 Å². The zero-order valence-corrected chi connectivity index (χ0v) is 10.8. The standard InChI is InChI=1S/C12H15BrO3/c1-14-12-3-2-9(6-11(12)13)7-16-10-4-5-15-8-10/h2-3,6,10H,4-5,7-8H2,1H3. The van der Waals surface area contributed by atoms with Crippen LogP contribution in [0.15, 0.2) is 22.7 Å². The average Bonchev–Trinajstić information content (AvgIpc) is 2.79. The average molecular weight is 287 g/mol. The summed E-state index contributed by atoms with van der Waals surface area (Å²) in [6, 6.07) is 5.97. The van der Waals surface area contributed by atoms with E-state index in [1.165, 1.54) is 0 Å². The Bertz CT molecular complexity index is 348. The van der Waals surface area contributed by atoms with Gasteiger partial charge in [0, 0.05) is 6.61 Å². The maximum atomic E-state index is 5.73. The Kier molecular flexibility index (Phi) is 4.21. The van der Waals surface area contributed by atoms with Crippen molar-refractivity contribution in [1.82, 2.24) is 0 Å². The molecule has 1 aliphatic heterocycles. The van der Waals surface area contributed by atoms with Crippen LogP contribution in [0.1, 0.15) is 12.0 Å². The van der Waals surface area contributed by atoms with Crippen molar-refractivity contribution in [2.24, 2.45) is 0 Å². The van der Waals surface area contributed by atoms with Crippen molar-refractivity contribution in [2.45, 2.75) is 19.1 Å². The van der Waals surface area contributed by atoms with Crippen LogP contribution in [0.3, 0.4) is 0 Å². The number of halogens is 1. The summed E-state index contributed by atoms with van der Waals surface area (Å²) >= 11 is 3.46. The van der Waals surface area contributed by atoms with E-state index in [-0.39, 0.29) is 6.10 Å². The number of rotatable bonds is 4. The van der Waals surface area contributed by atoms with Crippen LogP contribution in [0.5, 0.6) is 5.75 Å². The van der Waals surface area contributed by atoms with Gasteiger partial charge in [0.1, 0.15) is 5.75 Å². The molecule has 0 bridgehead atoms. The summed E-state index contributed by atoms with van der Waals surface area (Å²) in [6.07, 6.45) is 1.25. The van der Waals surface area contributed by atoms with Gasteiger partial charge in [0.15, 0.2) is 0 Å². The lowest BCUT2D eigenvalue weighted by molar-refractivity contribution is 0.0317. The molecular formula is C12H15BrO3. The first-order valence-corrected chi connectivity index (χ1v) is 6.10. The lowest BCUT2D eigenvalue weighted by Gasteiger charge is -2.11. The van der Waals surface area contributed by atoms with E-state index in [1.54, 1.807) is 7.11 Å². The normalized spacial score (nSPS) is 20.0. The topological polar surface area (TPSA) is 27.7 Å².